The Morgan fingerprint density at radius 2 is 2.15 bits per heavy atom. The van der Waals surface area contributed by atoms with E-state index in [2.05, 4.69) is 5.32 Å². The minimum Gasteiger partial charge on any atom is -0.368 e. The quantitative estimate of drug-likeness (QED) is 0.666. The van der Waals surface area contributed by atoms with Gasteiger partial charge in [-0.3, -0.25) is 4.79 Å². The first kappa shape index (κ1) is 10.5. The van der Waals surface area contributed by atoms with Crippen LogP contribution in [0.3, 0.4) is 0 Å². The van der Waals surface area contributed by atoms with E-state index < -0.39 is 5.54 Å². The van der Waals surface area contributed by atoms with Gasteiger partial charge in [-0.15, -0.1) is 0 Å². The Bertz CT molecular complexity index is 199. The fourth-order valence-corrected chi connectivity index (χ4v) is 1.25. The zero-order chi connectivity index (χ0) is 10.1. The van der Waals surface area contributed by atoms with Gasteiger partial charge in [0.2, 0.25) is 5.91 Å². The first-order valence-electron chi connectivity index (χ1n) is 5.01. The van der Waals surface area contributed by atoms with Crippen molar-refractivity contribution >= 4 is 5.91 Å². The molecule has 0 aromatic rings. The summed E-state index contributed by atoms with van der Waals surface area (Å²) < 4.78 is 0. The molecule has 1 fully saturated rings. The zero-order valence-corrected chi connectivity index (χ0v) is 8.76. The molecular weight excluding hydrogens is 164 g/mol. The number of nitrogens with two attached hydrogens (primary N) is 1. The van der Waals surface area contributed by atoms with Gasteiger partial charge < -0.3 is 11.1 Å². The monoisotopic (exact) mass is 184 g/mol. The molecule has 1 unspecified atom stereocenters. The Hall–Kier alpha value is -0.570. The number of nitrogens with one attached hydrogen (secondary N) is 1. The fraction of sp³-hybridized carbons (Fsp3) is 0.900. The van der Waals surface area contributed by atoms with Crippen molar-refractivity contribution in [3.05, 3.63) is 0 Å². The number of primary amides is 1. The highest BCUT2D eigenvalue weighted by Crippen LogP contribution is 2.29. The van der Waals surface area contributed by atoms with Crippen LogP contribution in [0.5, 0.6) is 0 Å². The van der Waals surface area contributed by atoms with Crippen LogP contribution in [0.15, 0.2) is 0 Å². The van der Waals surface area contributed by atoms with E-state index in [1.165, 1.54) is 12.8 Å². The minimum atomic E-state index is -0.539. The Morgan fingerprint density at radius 3 is 2.46 bits per heavy atom. The molecule has 0 spiro atoms. The van der Waals surface area contributed by atoms with Gasteiger partial charge >= 0.3 is 0 Å². The number of hydrogen-bond donors (Lipinski definition) is 2. The van der Waals surface area contributed by atoms with Gasteiger partial charge in [0, 0.05) is 0 Å². The maximum Gasteiger partial charge on any atom is 0.237 e. The first-order chi connectivity index (χ1) is 5.97. The van der Waals surface area contributed by atoms with Gasteiger partial charge in [-0.05, 0) is 38.1 Å². The van der Waals surface area contributed by atoms with E-state index in [9.17, 15) is 4.79 Å². The van der Waals surface area contributed by atoms with Crippen LogP contribution in [0, 0.1) is 11.8 Å². The van der Waals surface area contributed by atoms with Crippen LogP contribution in [-0.4, -0.2) is 18.0 Å². The van der Waals surface area contributed by atoms with Gasteiger partial charge in [0.05, 0.1) is 5.54 Å². The highest BCUT2D eigenvalue weighted by molar-refractivity contribution is 5.84. The minimum absolute atomic E-state index is 0.240. The van der Waals surface area contributed by atoms with Crippen LogP contribution in [0.2, 0.25) is 0 Å². The summed E-state index contributed by atoms with van der Waals surface area (Å²) in [6.45, 7) is 6.86. The van der Waals surface area contributed by atoms with Crippen LogP contribution < -0.4 is 11.1 Å². The molecule has 1 atom stereocenters. The molecule has 3 heteroatoms. The molecule has 0 aromatic heterocycles. The predicted molar refractivity (Wildman–Crippen MR) is 53.2 cm³/mol. The maximum atomic E-state index is 11.3. The van der Waals surface area contributed by atoms with Crippen LogP contribution in [0.1, 0.15) is 33.6 Å². The molecule has 1 saturated carbocycles. The molecule has 1 rings (SSSR count). The summed E-state index contributed by atoms with van der Waals surface area (Å²) in [6.07, 6.45) is 2.58. The molecule has 3 N–H and O–H groups in total. The second-order valence-electron chi connectivity index (χ2n) is 4.55. The molecule has 0 aromatic carbocycles. The standard InChI is InChI=1S/C10H20N2O/c1-7(2)10(3,9(11)13)12-6-8-4-5-8/h7-8,12H,4-6H2,1-3H3,(H2,11,13). The van der Waals surface area contributed by atoms with Crippen molar-refractivity contribution in [2.45, 2.75) is 39.2 Å². The van der Waals surface area contributed by atoms with Gasteiger partial charge in [-0.1, -0.05) is 13.8 Å². The Balaban J connectivity index is 2.49. The van der Waals surface area contributed by atoms with Gasteiger partial charge in [-0.2, -0.15) is 0 Å². The third kappa shape index (κ3) is 2.44. The summed E-state index contributed by atoms with van der Waals surface area (Å²) >= 11 is 0. The van der Waals surface area contributed by atoms with E-state index in [4.69, 9.17) is 5.73 Å². The smallest absolute Gasteiger partial charge is 0.237 e. The molecule has 1 aliphatic rings. The fourth-order valence-electron chi connectivity index (χ4n) is 1.25. The molecule has 1 aliphatic carbocycles. The van der Waals surface area contributed by atoms with E-state index in [0.29, 0.717) is 0 Å². The van der Waals surface area contributed by atoms with Crippen LogP contribution in [0.4, 0.5) is 0 Å². The highest BCUT2D eigenvalue weighted by atomic mass is 16.1. The Labute approximate surface area is 80.1 Å². The summed E-state index contributed by atoms with van der Waals surface area (Å²) in [4.78, 5) is 11.3. The number of carbonyl (C=O) groups excluding carboxylic acids is 1. The topological polar surface area (TPSA) is 55.1 Å². The summed E-state index contributed by atoms with van der Waals surface area (Å²) in [5.41, 5.74) is 4.84. The second-order valence-corrected chi connectivity index (χ2v) is 4.55. The zero-order valence-electron chi connectivity index (χ0n) is 8.76. The number of amides is 1. The first-order valence-corrected chi connectivity index (χ1v) is 5.01. The SMILES string of the molecule is CC(C)C(C)(NCC1CC1)C(N)=O. The van der Waals surface area contributed by atoms with Crippen molar-refractivity contribution in [2.75, 3.05) is 6.54 Å². The second kappa shape index (κ2) is 3.66. The summed E-state index contributed by atoms with van der Waals surface area (Å²) in [5, 5.41) is 3.28. The molecule has 13 heavy (non-hydrogen) atoms. The summed E-state index contributed by atoms with van der Waals surface area (Å²) in [6, 6.07) is 0. The van der Waals surface area contributed by atoms with Crippen molar-refractivity contribution < 1.29 is 4.79 Å². The average molecular weight is 184 g/mol. The highest BCUT2D eigenvalue weighted by Gasteiger charge is 2.35. The molecule has 0 radical (unpaired) electrons. The summed E-state index contributed by atoms with van der Waals surface area (Å²) in [5.74, 6) is 0.768. The molecule has 3 nitrogen and oxygen atoms in total. The van der Waals surface area contributed by atoms with Gasteiger partial charge in [-0.25, -0.2) is 0 Å². The van der Waals surface area contributed by atoms with Gasteiger partial charge in [0.25, 0.3) is 0 Å². The molecule has 0 heterocycles. The van der Waals surface area contributed by atoms with E-state index in [1.54, 1.807) is 0 Å². The summed E-state index contributed by atoms with van der Waals surface area (Å²) in [7, 11) is 0. The normalized spacial score (nSPS) is 21.5. The average Bonchev–Trinajstić information content (AvgIpc) is 2.82. The molecule has 0 aliphatic heterocycles. The van der Waals surface area contributed by atoms with Gasteiger partial charge in [0.15, 0.2) is 0 Å². The molecule has 0 saturated heterocycles. The third-order valence-electron chi connectivity index (χ3n) is 3.12. The number of rotatable bonds is 5. The third-order valence-corrected chi connectivity index (χ3v) is 3.12. The van der Waals surface area contributed by atoms with E-state index in [-0.39, 0.29) is 11.8 Å². The number of hydrogen-bond acceptors (Lipinski definition) is 2. The van der Waals surface area contributed by atoms with Crippen molar-refractivity contribution in [1.29, 1.82) is 0 Å². The van der Waals surface area contributed by atoms with E-state index in [1.807, 2.05) is 20.8 Å². The molecule has 1 amide bonds. The predicted octanol–water partition coefficient (Wildman–Crippen LogP) is 0.886. The Kier molecular flexibility index (Phi) is 2.96. The van der Waals surface area contributed by atoms with E-state index >= 15 is 0 Å². The number of carbonyl (C=O) groups is 1. The van der Waals surface area contributed by atoms with Crippen molar-refractivity contribution in [3.8, 4) is 0 Å². The van der Waals surface area contributed by atoms with Crippen LogP contribution in [0.25, 0.3) is 0 Å². The van der Waals surface area contributed by atoms with Crippen molar-refractivity contribution in [1.82, 2.24) is 5.32 Å². The lowest BCUT2D eigenvalue weighted by molar-refractivity contribution is -0.125. The Morgan fingerprint density at radius 1 is 1.62 bits per heavy atom. The van der Waals surface area contributed by atoms with E-state index in [0.717, 1.165) is 12.5 Å². The maximum absolute atomic E-state index is 11.3. The van der Waals surface area contributed by atoms with Crippen LogP contribution in [-0.2, 0) is 4.79 Å². The lowest BCUT2D eigenvalue weighted by atomic mass is 9.87. The lowest BCUT2D eigenvalue weighted by Gasteiger charge is -2.31. The van der Waals surface area contributed by atoms with Crippen molar-refractivity contribution in [3.63, 3.8) is 0 Å². The largest absolute Gasteiger partial charge is 0.368 e. The van der Waals surface area contributed by atoms with Gasteiger partial charge in [0.1, 0.15) is 0 Å². The molecular formula is C10H20N2O. The van der Waals surface area contributed by atoms with Crippen molar-refractivity contribution in [2.24, 2.45) is 17.6 Å². The lowest BCUT2D eigenvalue weighted by Crippen LogP contribution is -2.57. The molecule has 0 bridgehead atoms. The molecule has 76 valence electrons. The van der Waals surface area contributed by atoms with Crippen LogP contribution >= 0.6 is 0 Å².